The maximum absolute atomic E-state index is 6.29. The van der Waals surface area contributed by atoms with Crippen LogP contribution < -0.4 is 5.32 Å². The van der Waals surface area contributed by atoms with Crippen molar-refractivity contribution in [2.45, 2.75) is 36.1 Å². The highest BCUT2D eigenvalue weighted by atomic mass is 35.5. The number of halogens is 1. The lowest BCUT2D eigenvalue weighted by atomic mass is 10.0. The van der Waals surface area contributed by atoms with E-state index in [0.29, 0.717) is 5.92 Å². The van der Waals surface area contributed by atoms with Gasteiger partial charge in [0.15, 0.2) is 0 Å². The molecule has 0 aliphatic heterocycles. The molecule has 1 nitrogen and oxygen atoms in total. The second-order valence-corrected chi connectivity index (χ2v) is 6.66. The van der Waals surface area contributed by atoms with Gasteiger partial charge in [-0.15, -0.1) is 0 Å². The third-order valence-electron chi connectivity index (χ3n) is 3.17. The summed E-state index contributed by atoms with van der Waals surface area (Å²) in [5.41, 5.74) is 2.51. The van der Waals surface area contributed by atoms with Gasteiger partial charge in [-0.1, -0.05) is 55.4 Å². The van der Waals surface area contributed by atoms with E-state index in [-0.39, 0.29) is 0 Å². The van der Waals surface area contributed by atoms with E-state index in [2.05, 4.69) is 55.6 Å². The Hall–Kier alpha value is -0.960. The molecule has 0 unspecified atom stereocenters. The number of hydrogen-bond acceptors (Lipinski definition) is 2. The minimum absolute atomic E-state index is 0.573. The van der Waals surface area contributed by atoms with Crippen molar-refractivity contribution < 1.29 is 0 Å². The SMILES string of the molecule is CNCc1ccc(Sc2ccc(C(C)C)cc2)cc1Cl. The maximum atomic E-state index is 6.29. The Labute approximate surface area is 130 Å². The fourth-order valence-electron chi connectivity index (χ4n) is 1.98. The molecule has 0 aliphatic carbocycles. The quantitative estimate of drug-likeness (QED) is 0.801. The van der Waals surface area contributed by atoms with Gasteiger partial charge in [-0.25, -0.2) is 0 Å². The summed E-state index contributed by atoms with van der Waals surface area (Å²) in [5.74, 6) is 0.573. The molecular weight excluding hydrogens is 286 g/mol. The first-order valence-corrected chi connectivity index (χ1v) is 8.00. The van der Waals surface area contributed by atoms with Crippen molar-refractivity contribution in [1.29, 1.82) is 0 Å². The van der Waals surface area contributed by atoms with Gasteiger partial charge < -0.3 is 5.32 Å². The molecule has 0 spiro atoms. The van der Waals surface area contributed by atoms with Gasteiger partial charge in [-0.3, -0.25) is 0 Å². The molecule has 0 bridgehead atoms. The lowest BCUT2D eigenvalue weighted by Gasteiger charge is -2.08. The van der Waals surface area contributed by atoms with Crippen molar-refractivity contribution >= 4 is 23.4 Å². The highest BCUT2D eigenvalue weighted by molar-refractivity contribution is 7.99. The topological polar surface area (TPSA) is 12.0 Å². The minimum Gasteiger partial charge on any atom is -0.316 e. The molecule has 3 heteroatoms. The molecule has 0 aliphatic rings. The molecule has 0 atom stereocenters. The molecular formula is C17H20ClNS. The fraction of sp³-hybridized carbons (Fsp3) is 0.294. The molecule has 0 amide bonds. The van der Waals surface area contributed by atoms with E-state index in [0.717, 1.165) is 17.1 Å². The first-order valence-electron chi connectivity index (χ1n) is 6.81. The number of nitrogens with one attached hydrogen (secondary N) is 1. The maximum Gasteiger partial charge on any atom is 0.0462 e. The zero-order valence-electron chi connectivity index (χ0n) is 12.1. The largest absolute Gasteiger partial charge is 0.316 e. The summed E-state index contributed by atoms with van der Waals surface area (Å²) in [7, 11) is 1.93. The van der Waals surface area contributed by atoms with Gasteiger partial charge in [0.05, 0.1) is 0 Å². The zero-order chi connectivity index (χ0) is 14.5. The van der Waals surface area contributed by atoms with E-state index in [1.54, 1.807) is 11.8 Å². The van der Waals surface area contributed by atoms with Crippen LogP contribution in [0.4, 0.5) is 0 Å². The first kappa shape index (κ1) is 15.4. The van der Waals surface area contributed by atoms with Gasteiger partial charge in [0, 0.05) is 21.4 Å². The van der Waals surface area contributed by atoms with Crippen LogP contribution in [0.3, 0.4) is 0 Å². The number of hydrogen-bond donors (Lipinski definition) is 1. The fourth-order valence-corrected chi connectivity index (χ4v) is 3.15. The summed E-state index contributed by atoms with van der Waals surface area (Å²) in [6.07, 6.45) is 0. The van der Waals surface area contributed by atoms with E-state index in [1.165, 1.54) is 15.4 Å². The Morgan fingerprint density at radius 2 is 1.70 bits per heavy atom. The molecule has 0 fully saturated rings. The van der Waals surface area contributed by atoms with E-state index in [1.807, 2.05) is 13.1 Å². The van der Waals surface area contributed by atoms with E-state index in [4.69, 9.17) is 11.6 Å². The minimum atomic E-state index is 0.573. The average molecular weight is 306 g/mol. The second kappa shape index (κ2) is 7.16. The molecule has 106 valence electrons. The average Bonchev–Trinajstić information content (AvgIpc) is 2.42. The molecule has 2 rings (SSSR count). The Morgan fingerprint density at radius 1 is 1.05 bits per heavy atom. The van der Waals surface area contributed by atoms with Gasteiger partial charge in [0.1, 0.15) is 0 Å². The monoisotopic (exact) mass is 305 g/mol. The van der Waals surface area contributed by atoms with Gasteiger partial charge in [0.2, 0.25) is 0 Å². The molecule has 2 aromatic rings. The summed E-state index contributed by atoms with van der Waals surface area (Å²) < 4.78 is 0. The van der Waals surface area contributed by atoms with E-state index in [9.17, 15) is 0 Å². The van der Waals surface area contributed by atoms with Gasteiger partial charge in [-0.2, -0.15) is 0 Å². The Morgan fingerprint density at radius 3 is 2.25 bits per heavy atom. The van der Waals surface area contributed by atoms with Crippen molar-refractivity contribution in [2.75, 3.05) is 7.05 Å². The Bertz CT molecular complexity index is 564. The molecule has 0 aromatic heterocycles. The van der Waals surface area contributed by atoms with Crippen molar-refractivity contribution in [3.8, 4) is 0 Å². The van der Waals surface area contributed by atoms with Crippen LogP contribution in [-0.4, -0.2) is 7.05 Å². The van der Waals surface area contributed by atoms with Crippen LogP contribution in [0.1, 0.15) is 30.9 Å². The smallest absolute Gasteiger partial charge is 0.0462 e. The van der Waals surface area contributed by atoms with Crippen LogP contribution >= 0.6 is 23.4 Å². The highest BCUT2D eigenvalue weighted by Gasteiger charge is 2.04. The van der Waals surface area contributed by atoms with Crippen LogP contribution in [0.2, 0.25) is 5.02 Å². The van der Waals surface area contributed by atoms with Crippen LogP contribution in [0.25, 0.3) is 0 Å². The molecule has 1 N–H and O–H groups in total. The van der Waals surface area contributed by atoms with Gasteiger partial charge in [-0.05, 0) is 48.4 Å². The molecule has 0 saturated carbocycles. The molecule has 2 aromatic carbocycles. The highest BCUT2D eigenvalue weighted by Crippen LogP contribution is 2.31. The predicted molar refractivity (Wildman–Crippen MR) is 88.9 cm³/mol. The zero-order valence-corrected chi connectivity index (χ0v) is 13.7. The van der Waals surface area contributed by atoms with E-state index >= 15 is 0 Å². The molecule has 0 heterocycles. The second-order valence-electron chi connectivity index (χ2n) is 5.11. The van der Waals surface area contributed by atoms with Crippen LogP contribution in [0.5, 0.6) is 0 Å². The lowest BCUT2D eigenvalue weighted by molar-refractivity contribution is 0.817. The molecule has 0 saturated heterocycles. The van der Waals surface area contributed by atoms with Gasteiger partial charge in [0.25, 0.3) is 0 Å². The van der Waals surface area contributed by atoms with Crippen molar-refractivity contribution in [1.82, 2.24) is 5.32 Å². The van der Waals surface area contributed by atoms with Crippen LogP contribution in [0, 0.1) is 0 Å². The van der Waals surface area contributed by atoms with Crippen LogP contribution in [-0.2, 0) is 6.54 Å². The van der Waals surface area contributed by atoms with Crippen molar-refractivity contribution in [3.63, 3.8) is 0 Å². The summed E-state index contributed by atoms with van der Waals surface area (Å²) in [4.78, 5) is 2.42. The van der Waals surface area contributed by atoms with Gasteiger partial charge >= 0.3 is 0 Å². The third-order valence-corrected chi connectivity index (χ3v) is 4.52. The Balaban J connectivity index is 2.11. The Kier molecular flexibility index (Phi) is 5.53. The van der Waals surface area contributed by atoms with E-state index < -0.39 is 0 Å². The number of rotatable bonds is 5. The molecule has 0 radical (unpaired) electrons. The first-order chi connectivity index (χ1) is 9.60. The summed E-state index contributed by atoms with van der Waals surface area (Å²) >= 11 is 8.03. The molecule has 20 heavy (non-hydrogen) atoms. The van der Waals surface area contributed by atoms with Crippen LogP contribution in [0.15, 0.2) is 52.3 Å². The lowest BCUT2D eigenvalue weighted by Crippen LogP contribution is -2.05. The summed E-state index contributed by atoms with van der Waals surface area (Å²) in [5, 5.41) is 3.94. The predicted octanol–water partition coefficient (Wildman–Crippen LogP) is 5.33. The summed E-state index contributed by atoms with van der Waals surface area (Å²) in [6, 6.07) is 15.0. The van der Waals surface area contributed by atoms with Crippen molar-refractivity contribution in [2.24, 2.45) is 0 Å². The standard InChI is InChI=1S/C17H20ClNS/c1-12(2)13-4-7-15(8-5-13)20-16-9-6-14(11-19-3)17(18)10-16/h4-10,12,19H,11H2,1-3H3. The normalized spacial score (nSPS) is 11.1. The third kappa shape index (κ3) is 4.02. The number of benzene rings is 2. The van der Waals surface area contributed by atoms with Crippen molar-refractivity contribution in [3.05, 3.63) is 58.6 Å². The summed E-state index contributed by atoms with van der Waals surface area (Å²) in [6.45, 7) is 5.22.